The van der Waals surface area contributed by atoms with Crippen molar-refractivity contribution in [1.82, 2.24) is 9.55 Å². The van der Waals surface area contributed by atoms with Crippen LogP contribution in [0.25, 0.3) is 11.0 Å². The molecular weight excluding hydrogens is 216 g/mol. The van der Waals surface area contributed by atoms with Crippen LogP contribution in [0.4, 0.5) is 0 Å². The maximum absolute atomic E-state index is 4.42. The number of para-hydroxylation sites is 2. The molecule has 0 radical (unpaired) electrons. The lowest BCUT2D eigenvalue weighted by Gasteiger charge is -2.14. The second kappa shape index (κ2) is 5.39. The molecule has 2 rings (SSSR count). The van der Waals surface area contributed by atoms with E-state index in [1.165, 1.54) is 18.4 Å². The molecule has 2 nitrogen and oxygen atoms in total. The van der Waals surface area contributed by atoms with Crippen LogP contribution in [-0.2, 0) is 6.54 Å². The quantitative estimate of drug-likeness (QED) is 0.785. The highest BCUT2D eigenvalue weighted by molar-refractivity contribution is 7.80. The van der Waals surface area contributed by atoms with E-state index in [2.05, 4.69) is 47.3 Å². The Morgan fingerprint density at radius 1 is 1.38 bits per heavy atom. The molecule has 2 aromatic rings. The first-order valence-corrected chi connectivity index (χ1v) is 6.49. The van der Waals surface area contributed by atoms with Crippen LogP contribution in [-0.4, -0.2) is 15.3 Å². The van der Waals surface area contributed by atoms with E-state index in [0.29, 0.717) is 5.92 Å². The molecule has 0 aliphatic rings. The summed E-state index contributed by atoms with van der Waals surface area (Å²) >= 11 is 4.42. The topological polar surface area (TPSA) is 17.8 Å². The summed E-state index contributed by atoms with van der Waals surface area (Å²) in [6.45, 7) is 3.25. The first kappa shape index (κ1) is 11.5. The number of thiol groups is 1. The Morgan fingerprint density at radius 3 is 2.94 bits per heavy atom. The van der Waals surface area contributed by atoms with Crippen molar-refractivity contribution in [3.05, 3.63) is 30.6 Å². The number of hydrogen-bond acceptors (Lipinski definition) is 2. The molecule has 86 valence electrons. The number of nitrogens with zero attached hydrogens (tertiary/aromatic N) is 2. The van der Waals surface area contributed by atoms with E-state index in [9.17, 15) is 0 Å². The summed E-state index contributed by atoms with van der Waals surface area (Å²) in [7, 11) is 0. The molecule has 0 spiro atoms. The normalized spacial score (nSPS) is 13.1. The standard InChI is InChI=1S/C13H18N2S/c1-2-5-11(9-16)8-15-10-14-12-6-3-4-7-13(12)15/h3-4,6-7,10-11,16H,2,5,8-9H2,1H3. The Kier molecular flexibility index (Phi) is 3.88. The summed E-state index contributed by atoms with van der Waals surface area (Å²) in [5, 5.41) is 0. The van der Waals surface area contributed by atoms with E-state index < -0.39 is 0 Å². The minimum atomic E-state index is 0.644. The Labute approximate surface area is 102 Å². The average molecular weight is 234 g/mol. The first-order chi connectivity index (χ1) is 7.85. The second-order valence-electron chi connectivity index (χ2n) is 4.22. The molecule has 1 unspecified atom stereocenters. The molecule has 0 N–H and O–H groups in total. The van der Waals surface area contributed by atoms with Gasteiger partial charge in [-0.2, -0.15) is 12.6 Å². The van der Waals surface area contributed by atoms with Crippen molar-refractivity contribution in [2.24, 2.45) is 5.92 Å². The molecule has 0 bridgehead atoms. The summed E-state index contributed by atoms with van der Waals surface area (Å²) in [5.41, 5.74) is 2.31. The summed E-state index contributed by atoms with van der Waals surface area (Å²) in [5.74, 6) is 1.59. The minimum Gasteiger partial charge on any atom is -0.330 e. The third-order valence-corrected chi connectivity index (χ3v) is 3.45. The molecule has 1 aromatic carbocycles. The number of hydrogen-bond donors (Lipinski definition) is 1. The van der Waals surface area contributed by atoms with Gasteiger partial charge in [0.2, 0.25) is 0 Å². The van der Waals surface area contributed by atoms with Crippen LogP contribution in [0.5, 0.6) is 0 Å². The predicted molar refractivity (Wildman–Crippen MR) is 72.0 cm³/mol. The maximum Gasteiger partial charge on any atom is 0.0958 e. The van der Waals surface area contributed by atoms with Gasteiger partial charge in [-0.05, 0) is 30.2 Å². The van der Waals surface area contributed by atoms with Gasteiger partial charge in [-0.15, -0.1) is 0 Å². The van der Waals surface area contributed by atoms with Crippen molar-refractivity contribution in [3.63, 3.8) is 0 Å². The molecule has 0 amide bonds. The monoisotopic (exact) mass is 234 g/mol. The van der Waals surface area contributed by atoms with Crippen LogP contribution in [0.3, 0.4) is 0 Å². The van der Waals surface area contributed by atoms with Gasteiger partial charge < -0.3 is 4.57 Å². The fourth-order valence-electron chi connectivity index (χ4n) is 2.08. The molecule has 0 aliphatic heterocycles. The van der Waals surface area contributed by atoms with Gasteiger partial charge in [0, 0.05) is 6.54 Å². The summed E-state index contributed by atoms with van der Waals surface area (Å²) in [6, 6.07) is 8.28. The maximum atomic E-state index is 4.42. The number of rotatable bonds is 5. The molecule has 1 atom stereocenters. The first-order valence-electron chi connectivity index (χ1n) is 5.86. The van der Waals surface area contributed by atoms with Crippen LogP contribution in [0.1, 0.15) is 19.8 Å². The van der Waals surface area contributed by atoms with E-state index in [0.717, 1.165) is 17.8 Å². The lowest BCUT2D eigenvalue weighted by atomic mass is 10.1. The third-order valence-electron chi connectivity index (χ3n) is 2.94. The van der Waals surface area contributed by atoms with Gasteiger partial charge in [0.1, 0.15) is 0 Å². The Balaban J connectivity index is 2.20. The van der Waals surface area contributed by atoms with Gasteiger partial charge >= 0.3 is 0 Å². The van der Waals surface area contributed by atoms with E-state index in [1.54, 1.807) is 0 Å². The van der Waals surface area contributed by atoms with Gasteiger partial charge in [0.15, 0.2) is 0 Å². The molecule has 0 fully saturated rings. The van der Waals surface area contributed by atoms with Crippen molar-refractivity contribution in [3.8, 4) is 0 Å². The zero-order chi connectivity index (χ0) is 11.4. The summed E-state index contributed by atoms with van der Waals surface area (Å²) in [4.78, 5) is 4.40. The Morgan fingerprint density at radius 2 is 2.19 bits per heavy atom. The van der Waals surface area contributed by atoms with Crippen molar-refractivity contribution in [2.45, 2.75) is 26.3 Å². The van der Waals surface area contributed by atoms with Gasteiger partial charge in [-0.1, -0.05) is 25.5 Å². The highest BCUT2D eigenvalue weighted by Crippen LogP contribution is 2.17. The van der Waals surface area contributed by atoms with Crippen molar-refractivity contribution in [1.29, 1.82) is 0 Å². The highest BCUT2D eigenvalue weighted by atomic mass is 32.1. The summed E-state index contributed by atoms with van der Waals surface area (Å²) < 4.78 is 2.24. The molecule has 3 heteroatoms. The molecule has 0 saturated carbocycles. The van der Waals surface area contributed by atoms with Gasteiger partial charge in [0.25, 0.3) is 0 Å². The number of benzene rings is 1. The predicted octanol–water partition coefficient (Wildman–Crippen LogP) is 3.38. The highest BCUT2D eigenvalue weighted by Gasteiger charge is 2.08. The Hall–Kier alpha value is -0.960. The van der Waals surface area contributed by atoms with E-state index in [1.807, 2.05) is 12.4 Å². The number of aromatic nitrogens is 2. The van der Waals surface area contributed by atoms with E-state index in [4.69, 9.17) is 0 Å². The zero-order valence-electron chi connectivity index (χ0n) is 9.63. The lowest BCUT2D eigenvalue weighted by Crippen LogP contribution is -2.11. The van der Waals surface area contributed by atoms with Crippen molar-refractivity contribution < 1.29 is 0 Å². The molecule has 0 saturated heterocycles. The zero-order valence-corrected chi connectivity index (χ0v) is 10.5. The Bertz CT molecular complexity index is 450. The summed E-state index contributed by atoms with van der Waals surface area (Å²) in [6.07, 6.45) is 4.39. The van der Waals surface area contributed by atoms with Crippen LogP contribution >= 0.6 is 12.6 Å². The van der Waals surface area contributed by atoms with Crippen molar-refractivity contribution in [2.75, 3.05) is 5.75 Å². The fraction of sp³-hybridized carbons (Fsp3) is 0.462. The van der Waals surface area contributed by atoms with E-state index in [-0.39, 0.29) is 0 Å². The van der Waals surface area contributed by atoms with Crippen LogP contribution < -0.4 is 0 Å². The average Bonchev–Trinajstić information content (AvgIpc) is 2.72. The molecule has 1 aromatic heterocycles. The molecule has 0 aliphatic carbocycles. The van der Waals surface area contributed by atoms with E-state index >= 15 is 0 Å². The molecular formula is C13H18N2S. The van der Waals surface area contributed by atoms with Crippen LogP contribution in [0.15, 0.2) is 30.6 Å². The van der Waals surface area contributed by atoms with Crippen molar-refractivity contribution >= 4 is 23.7 Å². The largest absolute Gasteiger partial charge is 0.330 e. The SMILES string of the molecule is CCCC(CS)Cn1cnc2ccccc21. The molecule has 1 heterocycles. The lowest BCUT2D eigenvalue weighted by molar-refractivity contribution is 0.460. The van der Waals surface area contributed by atoms with Crippen LogP contribution in [0, 0.1) is 5.92 Å². The smallest absolute Gasteiger partial charge is 0.0958 e. The van der Waals surface area contributed by atoms with Gasteiger partial charge in [-0.25, -0.2) is 4.98 Å². The van der Waals surface area contributed by atoms with Gasteiger partial charge in [-0.3, -0.25) is 0 Å². The van der Waals surface area contributed by atoms with Gasteiger partial charge in [0.05, 0.1) is 17.4 Å². The molecule has 16 heavy (non-hydrogen) atoms. The minimum absolute atomic E-state index is 0.644. The fourth-order valence-corrected chi connectivity index (χ4v) is 2.38. The van der Waals surface area contributed by atoms with Crippen LogP contribution in [0.2, 0.25) is 0 Å². The second-order valence-corrected chi connectivity index (χ2v) is 4.59. The number of imidazole rings is 1. The number of fused-ring (bicyclic) bond motifs is 1. The third kappa shape index (κ3) is 2.40.